The molecule has 1 aliphatic rings. The molecule has 3 aromatic rings. The van der Waals surface area contributed by atoms with Gasteiger partial charge in [-0.15, -0.1) is 5.10 Å². The number of ether oxygens (including phenoxy) is 2. The maximum absolute atomic E-state index is 12.9. The first kappa shape index (κ1) is 19.6. The van der Waals surface area contributed by atoms with Gasteiger partial charge in [-0.3, -0.25) is 14.9 Å². The molecule has 1 amide bonds. The molecule has 4 rings (SSSR count). The molecule has 12 heteroatoms. The van der Waals surface area contributed by atoms with Crippen LogP contribution in [0.1, 0.15) is 12.8 Å². The largest absolute Gasteiger partial charge is 0.473 e. The zero-order chi connectivity index (χ0) is 21.3. The van der Waals surface area contributed by atoms with Crippen molar-refractivity contribution >= 4 is 22.6 Å². The van der Waals surface area contributed by atoms with Crippen molar-refractivity contribution in [3.05, 3.63) is 46.8 Å². The van der Waals surface area contributed by atoms with Crippen molar-refractivity contribution in [2.45, 2.75) is 32.1 Å². The Kier molecular flexibility index (Phi) is 5.21. The molecule has 1 saturated carbocycles. The Morgan fingerprint density at radius 1 is 1.23 bits per heavy atom. The standard InChI is InChI=1S/C18H14F3N5O4/c19-9-6-22-18(23-7-9)24-14(27)8-26-16(28)12-4-3-11(30-17(20)21)5-13(12)15(25-26)29-10-1-2-10/h3-7,10,17H,1-2,8H2,(H,22,23,24,27). The van der Waals surface area contributed by atoms with Gasteiger partial charge in [0.05, 0.1) is 23.2 Å². The summed E-state index contributed by atoms with van der Waals surface area (Å²) in [5.41, 5.74) is -0.632. The second-order valence-electron chi connectivity index (χ2n) is 6.44. The number of amides is 1. The Balaban J connectivity index is 1.65. The van der Waals surface area contributed by atoms with Crippen LogP contribution in [-0.4, -0.2) is 38.4 Å². The molecular formula is C18H14F3N5O4. The molecular weight excluding hydrogens is 407 g/mol. The molecule has 0 aliphatic heterocycles. The Morgan fingerprint density at radius 2 is 1.97 bits per heavy atom. The van der Waals surface area contributed by atoms with Crippen molar-refractivity contribution in [2.24, 2.45) is 0 Å². The van der Waals surface area contributed by atoms with Crippen LogP contribution in [0.4, 0.5) is 19.1 Å². The van der Waals surface area contributed by atoms with Crippen LogP contribution >= 0.6 is 0 Å². The first-order valence-corrected chi connectivity index (χ1v) is 8.83. The zero-order valence-corrected chi connectivity index (χ0v) is 15.2. The maximum atomic E-state index is 12.9. The highest BCUT2D eigenvalue weighted by molar-refractivity contribution is 5.90. The van der Waals surface area contributed by atoms with Crippen LogP contribution in [0.25, 0.3) is 10.8 Å². The molecule has 0 bridgehead atoms. The number of anilines is 1. The normalized spacial score (nSPS) is 13.5. The summed E-state index contributed by atoms with van der Waals surface area (Å²) in [5.74, 6) is -1.61. The number of alkyl halides is 2. The molecule has 1 fully saturated rings. The average molecular weight is 421 g/mol. The molecule has 0 unspecified atom stereocenters. The maximum Gasteiger partial charge on any atom is 0.387 e. The van der Waals surface area contributed by atoms with Crippen molar-refractivity contribution in [3.8, 4) is 11.6 Å². The molecule has 0 spiro atoms. The Labute approximate surface area is 166 Å². The van der Waals surface area contributed by atoms with Gasteiger partial charge in [-0.25, -0.2) is 19.0 Å². The molecule has 156 valence electrons. The first-order valence-electron chi connectivity index (χ1n) is 8.83. The average Bonchev–Trinajstić information content (AvgIpc) is 3.51. The van der Waals surface area contributed by atoms with Crippen molar-refractivity contribution in [3.63, 3.8) is 0 Å². The third-order valence-electron chi connectivity index (χ3n) is 4.09. The fraction of sp³-hybridized carbons (Fsp3) is 0.278. The summed E-state index contributed by atoms with van der Waals surface area (Å²) >= 11 is 0. The van der Waals surface area contributed by atoms with E-state index < -0.39 is 30.4 Å². The van der Waals surface area contributed by atoms with Gasteiger partial charge in [-0.1, -0.05) is 0 Å². The van der Waals surface area contributed by atoms with Gasteiger partial charge in [0.25, 0.3) is 5.56 Å². The number of halogens is 3. The second-order valence-corrected chi connectivity index (χ2v) is 6.44. The van der Waals surface area contributed by atoms with Gasteiger partial charge in [0.15, 0.2) is 5.82 Å². The van der Waals surface area contributed by atoms with Crippen LogP contribution in [0.5, 0.6) is 11.6 Å². The molecule has 1 aliphatic carbocycles. The predicted molar refractivity (Wildman–Crippen MR) is 96.9 cm³/mol. The lowest BCUT2D eigenvalue weighted by molar-refractivity contribution is -0.117. The summed E-state index contributed by atoms with van der Waals surface area (Å²) in [7, 11) is 0. The number of rotatable bonds is 7. The molecule has 1 N–H and O–H groups in total. The smallest absolute Gasteiger partial charge is 0.387 e. The molecule has 1 aromatic carbocycles. The van der Waals surface area contributed by atoms with E-state index >= 15 is 0 Å². The lowest BCUT2D eigenvalue weighted by Gasteiger charge is -2.13. The number of nitrogens with zero attached hydrogens (tertiary/aromatic N) is 4. The van der Waals surface area contributed by atoms with E-state index in [4.69, 9.17) is 4.74 Å². The van der Waals surface area contributed by atoms with E-state index in [2.05, 4.69) is 25.1 Å². The van der Waals surface area contributed by atoms with Crippen molar-refractivity contribution in [2.75, 3.05) is 5.32 Å². The highest BCUT2D eigenvalue weighted by Gasteiger charge is 2.26. The SMILES string of the molecule is O=C(Cn1nc(OC2CC2)c2cc(OC(F)F)ccc2c1=O)Nc1ncc(F)cn1. The molecule has 0 atom stereocenters. The third kappa shape index (κ3) is 4.47. The van der Waals surface area contributed by atoms with Crippen molar-refractivity contribution in [1.29, 1.82) is 0 Å². The minimum atomic E-state index is -3.03. The van der Waals surface area contributed by atoms with E-state index in [-0.39, 0.29) is 34.5 Å². The van der Waals surface area contributed by atoms with Crippen molar-refractivity contribution < 1.29 is 27.4 Å². The van der Waals surface area contributed by atoms with Crippen LogP contribution < -0.4 is 20.3 Å². The second kappa shape index (κ2) is 7.97. The Morgan fingerprint density at radius 3 is 2.63 bits per heavy atom. The lowest BCUT2D eigenvalue weighted by atomic mass is 10.2. The summed E-state index contributed by atoms with van der Waals surface area (Å²) in [6.07, 6.45) is 3.23. The van der Waals surface area contributed by atoms with Gasteiger partial charge in [0, 0.05) is 0 Å². The van der Waals surface area contributed by atoms with E-state index in [0.717, 1.165) is 29.9 Å². The number of carbonyl (C=O) groups is 1. The van der Waals surface area contributed by atoms with Gasteiger partial charge < -0.3 is 9.47 Å². The van der Waals surface area contributed by atoms with Crippen LogP contribution in [0, 0.1) is 5.82 Å². The van der Waals surface area contributed by atoms with Gasteiger partial charge in [0.2, 0.25) is 17.7 Å². The number of carbonyl (C=O) groups excluding carboxylic acids is 1. The van der Waals surface area contributed by atoms with Crippen LogP contribution in [0.15, 0.2) is 35.4 Å². The van der Waals surface area contributed by atoms with Crippen molar-refractivity contribution in [1.82, 2.24) is 19.7 Å². The quantitative estimate of drug-likeness (QED) is 0.622. The number of fused-ring (bicyclic) bond motifs is 1. The summed E-state index contributed by atoms with van der Waals surface area (Å²) in [6.45, 7) is -3.52. The molecule has 0 radical (unpaired) electrons. The minimum Gasteiger partial charge on any atom is -0.473 e. The molecule has 9 nitrogen and oxygen atoms in total. The van der Waals surface area contributed by atoms with Crippen LogP contribution in [-0.2, 0) is 11.3 Å². The summed E-state index contributed by atoms with van der Waals surface area (Å²) < 4.78 is 48.9. The summed E-state index contributed by atoms with van der Waals surface area (Å²) in [4.78, 5) is 32.2. The molecule has 2 aromatic heterocycles. The Bertz CT molecular complexity index is 1150. The number of aromatic nitrogens is 4. The first-order chi connectivity index (χ1) is 14.4. The molecule has 0 saturated heterocycles. The van der Waals surface area contributed by atoms with Gasteiger partial charge in [0.1, 0.15) is 18.4 Å². The topological polar surface area (TPSA) is 108 Å². The summed E-state index contributed by atoms with van der Waals surface area (Å²) in [5, 5.41) is 6.71. The monoisotopic (exact) mass is 421 g/mol. The van der Waals surface area contributed by atoms with Gasteiger partial charge in [-0.2, -0.15) is 8.78 Å². The molecule has 30 heavy (non-hydrogen) atoms. The fourth-order valence-corrected chi connectivity index (χ4v) is 2.63. The zero-order valence-electron chi connectivity index (χ0n) is 15.2. The van der Waals surface area contributed by atoms with Crippen LogP contribution in [0.3, 0.4) is 0 Å². The van der Waals surface area contributed by atoms with Gasteiger partial charge in [-0.05, 0) is 31.0 Å². The van der Waals surface area contributed by atoms with E-state index in [0.29, 0.717) is 0 Å². The van der Waals surface area contributed by atoms with E-state index in [1.807, 2.05) is 0 Å². The number of nitrogens with one attached hydrogen (secondary N) is 1. The highest BCUT2D eigenvalue weighted by Crippen LogP contribution is 2.31. The minimum absolute atomic E-state index is 0.0256. The number of hydrogen-bond acceptors (Lipinski definition) is 7. The van der Waals surface area contributed by atoms with E-state index in [1.54, 1.807) is 0 Å². The predicted octanol–water partition coefficient (Wildman–Crippen LogP) is 2.11. The number of hydrogen-bond donors (Lipinski definition) is 1. The van der Waals surface area contributed by atoms with Crippen LogP contribution in [0.2, 0.25) is 0 Å². The van der Waals surface area contributed by atoms with E-state index in [1.165, 1.54) is 18.2 Å². The fourth-order valence-electron chi connectivity index (χ4n) is 2.63. The molecule has 2 heterocycles. The Hall–Kier alpha value is -3.70. The third-order valence-corrected chi connectivity index (χ3v) is 4.09. The highest BCUT2D eigenvalue weighted by atomic mass is 19.3. The van der Waals surface area contributed by atoms with Gasteiger partial charge >= 0.3 is 6.61 Å². The summed E-state index contributed by atoms with van der Waals surface area (Å²) in [6, 6.07) is 3.76. The number of benzene rings is 1. The van der Waals surface area contributed by atoms with E-state index in [9.17, 15) is 22.8 Å². The lowest BCUT2D eigenvalue weighted by Crippen LogP contribution is -2.30.